The summed E-state index contributed by atoms with van der Waals surface area (Å²) in [7, 11) is 3.34. The molecule has 1 aromatic heterocycles. The number of furan rings is 1. The number of likely N-dealkylation sites (tertiary alicyclic amines) is 1. The van der Waals surface area contributed by atoms with Gasteiger partial charge in [0, 0.05) is 19.7 Å². The maximum Gasteiger partial charge on any atom is 0.129 e. The molecule has 130 valence electrons. The van der Waals surface area contributed by atoms with E-state index >= 15 is 0 Å². The van der Waals surface area contributed by atoms with Crippen molar-refractivity contribution in [2.24, 2.45) is 0 Å². The Hall–Kier alpha value is -1.98. The minimum Gasteiger partial charge on any atom is -0.497 e. The summed E-state index contributed by atoms with van der Waals surface area (Å²) in [4.78, 5) is 2.43. The summed E-state index contributed by atoms with van der Waals surface area (Å²) in [5, 5.41) is 0. The van der Waals surface area contributed by atoms with Crippen molar-refractivity contribution in [3.8, 4) is 11.5 Å². The predicted molar refractivity (Wildman–Crippen MR) is 91.5 cm³/mol. The molecule has 1 saturated heterocycles. The van der Waals surface area contributed by atoms with Crippen LogP contribution in [0.3, 0.4) is 0 Å². The number of ether oxygens (including phenoxy) is 3. The average Bonchev–Trinajstić information content (AvgIpc) is 3.24. The first kappa shape index (κ1) is 16.9. The lowest BCUT2D eigenvalue weighted by atomic mass is 10.2. The van der Waals surface area contributed by atoms with Crippen molar-refractivity contribution in [3.63, 3.8) is 0 Å². The van der Waals surface area contributed by atoms with Gasteiger partial charge < -0.3 is 18.6 Å². The van der Waals surface area contributed by atoms with E-state index in [-0.39, 0.29) is 0 Å². The number of nitrogens with zero attached hydrogens (tertiary/aromatic N) is 1. The maximum atomic E-state index is 5.91. The molecule has 2 aromatic rings. The number of hydrogen-bond acceptors (Lipinski definition) is 5. The Morgan fingerprint density at radius 3 is 2.88 bits per heavy atom. The van der Waals surface area contributed by atoms with Crippen LogP contribution >= 0.6 is 0 Å². The lowest BCUT2D eigenvalue weighted by Crippen LogP contribution is -2.28. The monoisotopic (exact) mass is 331 g/mol. The van der Waals surface area contributed by atoms with E-state index in [1.54, 1.807) is 14.2 Å². The van der Waals surface area contributed by atoms with Gasteiger partial charge in [-0.1, -0.05) is 6.07 Å². The van der Waals surface area contributed by atoms with Crippen molar-refractivity contribution in [2.75, 3.05) is 33.9 Å². The molecule has 1 fully saturated rings. The zero-order valence-corrected chi connectivity index (χ0v) is 14.4. The molecule has 1 atom stereocenters. The zero-order valence-electron chi connectivity index (χ0n) is 14.4. The first-order chi connectivity index (χ1) is 11.8. The molecule has 0 aliphatic carbocycles. The molecule has 2 heterocycles. The molecular formula is C19H25NO4. The standard InChI is InChI=1S/C19H25NO4/c1-21-14-17-8-9-19(24-17)18-7-4-10-20(18)11-12-23-16-6-3-5-15(13-16)22-2/h3,5-6,8-9,13,18H,4,7,10-12,14H2,1-2H3. The van der Waals surface area contributed by atoms with Gasteiger partial charge >= 0.3 is 0 Å². The third-order valence-electron chi connectivity index (χ3n) is 4.35. The molecule has 0 radical (unpaired) electrons. The second-order valence-corrected chi connectivity index (χ2v) is 5.96. The summed E-state index contributed by atoms with van der Waals surface area (Å²) in [5.41, 5.74) is 0. The molecule has 0 bridgehead atoms. The van der Waals surface area contributed by atoms with Crippen molar-refractivity contribution in [1.29, 1.82) is 0 Å². The Labute approximate surface area is 143 Å². The van der Waals surface area contributed by atoms with Crippen LogP contribution in [0.25, 0.3) is 0 Å². The topological polar surface area (TPSA) is 44.1 Å². The zero-order chi connectivity index (χ0) is 16.8. The molecule has 1 aliphatic heterocycles. The number of hydrogen-bond donors (Lipinski definition) is 0. The first-order valence-corrected chi connectivity index (χ1v) is 8.38. The number of rotatable bonds is 8. The molecule has 1 unspecified atom stereocenters. The van der Waals surface area contributed by atoms with E-state index in [1.165, 1.54) is 6.42 Å². The third kappa shape index (κ3) is 4.10. The second-order valence-electron chi connectivity index (χ2n) is 5.96. The lowest BCUT2D eigenvalue weighted by Gasteiger charge is -2.22. The van der Waals surface area contributed by atoms with Crippen LogP contribution in [-0.2, 0) is 11.3 Å². The minimum atomic E-state index is 0.338. The molecule has 1 aromatic carbocycles. The number of methoxy groups -OCH3 is 2. The third-order valence-corrected chi connectivity index (χ3v) is 4.35. The molecule has 5 nitrogen and oxygen atoms in total. The van der Waals surface area contributed by atoms with Gasteiger partial charge in [-0.2, -0.15) is 0 Å². The normalized spacial score (nSPS) is 18.0. The highest BCUT2D eigenvalue weighted by Gasteiger charge is 2.28. The fourth-order valence-electron chi connectivity index (χ4n) is 3.18. The molecule has 0 spiro atoms. The SMILES string of the molecule is COCc1ccc(C2CCCN2CCOc2cccc(OC)c2)o1. The van der Waals surface area contributed by atoms with Gasteiger partial charge in [0.15, 0.2) is 0 Å². The van der Waals surface area contributed by atoms with Gasteiger partial charge in [-0.15, -0.1) is 0 Å². The Kier molecular flexibility index (Phi) is 5.77. The van der Waals surface area contributed by atoms with Crippen LogP contribution in [0.4, 0.5) is 0 Å². The highest BCUT2D eigenvalue weighted by Crippen LogP contribution is 2.32. The van der Waals surface area contributed by atoms with Crippen LogP contribution in [0.5, 0.6) is 11.5 Å². The van der Waals surface area contributed by atoms with E-state index < -0.39 is 0 Å². The van der Waals surface area contributed by atoms with Crippen LogP contribution < -0.4 is 9.47 Å². The molecule has 24 heavy (non-hydrogen) atoms. The molecule has 0 amide bonds. The van der Waals surface area contributed by atoms with Gasteiger partial charge in [-0.05, 0) is 43.7 Å². The van der Waals surface area contributed by atoms with Crippen LogP contribution in [0.2, 0.25) is 0 Å². The summed E-state index contributed by atoms with van der Waals surface area (Å²) in [6, 6.07) is 12.1. The van der Waals surface area contributed by atoms with Crippen LogP contribution in [0.1, 0.15) is 30.4 Å². The summed E-state index contributed by atoms with van der Waals surface area (Å²) in [5.74, 6) is 3.56. The highest BCUT2D eigenvalue weighted by atomic mass is 16.5. The Balaban J connectivity index is 1.53. The van der Waals surface area contributed by atoms with E-state index in [0.29, 0.717) is 19.3 Å². The van der Waals surface area contributed by atoms with Gasteiger partial charge in [-0.3, -0.25) is 4.90 Å². The van der Waals surface area contributed by atoms with Crippen molar-refractivity contribution in [2.45, 2.75) is 25.5 Å². The van der Waals surface area contributed by atoms with E-state index in [1.807, 2.05) is 30.3 Å². The lowest BCUT2D eigenvalue weighted by molar-refractivity contribution is 0.151. The Morgan fingerprint density at radius 2 is 2.04 bits per heavy atom. The summed E-state index contributed by atoms with van der Waals surface area (Å²) in [6.45, 7) is 3.12. The fourth-order valence-corrected chi connectivity index (χ4v) is 3.18. The second kappa shape index (κ2) is 8.22. The van der Waals surface area contributed by atoms with Gasteiger partial charge in [0.1, 0.15) is 36.2 Å². The van der Waals surface area contributed by atoms with E-state index in [2.05, 4.69) is 11.0 Å². The van der Waals surface area contributed by atoms with Gasteiger partial charge in [0.2, 0.25) is 0 Å². The van der Waals surface area contributed by atoms with Crippen molar-refractivity contribution >= 4 is 0 Å². The molecule has 5 heteroatoms. The van der Waals surface area contributed by atoms with Crippen molar-refractivity contribution < 1.29 is 18.6 Å². The number of benzene rings is 1. The summed E-state index contributed by atoms with van der Waals surface area (Å²) < 4.78 is 22.1. The quantitative estimate of drug-likeness (QED) is 0.739. The van der Waals surface area contributed by atoms with E-state index in [4.69, 9.17) is 18.6 Å². The molecule has 1 aliphatic rings. The van der Waals surface area contributed by atoms with Crippen LogP contribution in [-0.4, -0.2) is 38.8 Å². The Bertz CT molecular complexity index is 640. The van der Waals surface area contributed by atoms with E-state index in [0.717, 1.165) is 42.5 Å². The molecule has 0 saturated carbocycles. The Morgan fingerprint density at radius 1 is 1.17 bits per heavy atom. The predicted octanol–water partition coefficient (Wildman–Crippen LogP) is 3.65. The van der Waals surface area contributed by atoms with Gasteiger partial charge in [-0.25, -0.2) is 0 Å². The highest BCUT2D eigenvalue weighted by molar-refractivity contribution is 5.32. The van der Waals surface area contributed by atoms with Crippen LogP contribution in [0, 0.1) is 0 Å². The average molecular weight is 331 g/mol. The van der Waals surface area contributed by atoms with Gasteiger partial charge in [0.25, 0.3) is 0 Å². The van der Waals surface area contributed by atoms with Crippen molar-refractivity contribution in [1.82, 2.24) is 4.90 Å². The van der Waals surface area contributed by atoms with Crippen LogP contribution in [0.15, 0.2) is 40.8 Å². The van der Waals surface area contributed by atoms with Gasteiger partial charge in [0.05, 0.1) is 13.2 Å². The minimum absolute atomic E-state index is 0.338. The molecule has 3 rings (SSSR count). The molecule has 0 N–H and O–H groups in total. The largest absolute Gasteiger partial charge is 0.497 e. The van der Waals surface area contributed by atoms with E-state index in [9.17, 15) is 0 Å². The first-order valence-electron chi connectivity index (χ1n) is 8.38. The summed E-state index contributed by atoms with van der Waals surface area (Å²) >= 11 is 0. The summed E-state index contributed by atoms with van der Waals surface area (Å²) in [6.07, 6.45) is 2.31. The maximum absolute atomic E-state index is 5.91. The fraction of sp³-hybridized carbons (Fsp3) is 0.474. The van der Waals surface area contributed by atoms with Crippen molar-refractivity contribution in [3.05, 3.63) is 47.9 Å². The smallest absolute Gasteiger partial charge is 0.129 e. The molecular weight excluding hydrogens is 306 g/mol.